The molecule has 3 heterocycles. The lowest BCUT2D eigenvalue weighted by atomic mass is 10.2. The van der Waals surface area contributed by atoms with Crippen LogP contribution in [-0.4, -0.2) is 22.4 Å². The van der Waals surface area contributed by atoms with Crippen molar-refractivity contribution in [2.24, 2.45) is 0 Å². The average Bonchev–Trinajstić information content (AvgIpc) is 2.99. The first-order chi connectivity index (χ1) is 7.92. The maximum atomic E-state index is 4.60. The van der Waals surface area contributed by atoms with E-state index in [1.54, 1.807) is 11.3 Å². The van der Waals surface area contributed by atoms with E-state index in [0.29, 0.717) is 6.04 Å². The van der Waals surface area contributed by atoms with Crippen LogP contribution in [0.15, 0.2) is 29.8 Å². The highest BCUT2D eigenvalue weighted by molar-refractivity contribution is 7.13. The fourth-order valence-electron chi connectivity index (χ4n) is 2.16. The van der Waals surface area contributed by atoms with Crippen LogP contribution in [0.5, 0.6) is 0 Å². The van der Waals surface area contributed by atoms with Gasteiger partial charge in [-0.2, -0.15) is 5.10 Å². The predicted molar refractivity (Wildman–Crippen MR) is 66.6 cm³/mol. The van der Waals surface area contributed by atoms with Crippen molar-refractivity contribution in [2.45, 2.75) is 25.4 Å². The van der Waals surface area contributed by atoms with Crippen molar-refractivity contribution in [3.8, 4) is 10.6 Å². The molecule has 3 nitrogen and oxygen atoms in total. The zero-order valence-electron chi connectivity index (χ0n) is 9.10. The van der Waals surface area contributed by atoms with Gasteiger partial charge in [-0.25, -0.2) is 0 Å². The van der Waals surface area contributed by atoms with Gasteiger partial charge in [0.05, 0.1) is 11.4 Å². The van der Waals surface area contributed by atoms with E-state index >= 15 is 0 Å². The van der Waals surface area contributed by atoms with Crippen LogP contribution in [0.25, 0.3) is 10.6 Å². The monoisotopic (exact) mass is 233 g/mol. The number of aromatic nitrogens is 2. The van der Waals surface area contributed by atoms with Crippen molar-refractivity contribution in [3.05, 3.63) is 29.8 Å². The Hall–Kier alpha value is -1.13. The van der Waals surface area contributed by atoms with E-state index < -0.39 is 0 Å². The van der Waals surface area contributed by atoms with Gasteiger partial charge in [-0.3, -0.25) is 4.68 Å². The van der Waals surface area contributed by atoms with E-state index in [-0.39, 0.29) is 0 Å². The maximum Gasteiger partial charge on any atom is 0.102 e. The quantitative estimate of drug-likeness (QED) is 0.882. The number of thiophene rings is 1. The topological polar surface area (TPSA) is 29.9 Å². The molecule has 0 radical (unpaired) electrons. The highest BCUT2D eigenvalue weighted by atomic mass is 32.1. The molecule has 1 atom stereocenters. The van der Waals surface area contributed by atoms with Crippen LogP contribution in [0.3, 0.4) is 0 Å². The molecule has 0 bridgehead atoms. The number of nitrogens with zero attached hydrogens (tertiary/aromatic N) is 2. The van der Waals surface area contributed by atoms with E-state index in [0.717, 1.165) is 18.8 Å². The van der Waals surface area contributed by atoms with Gasteiger partial charge in [0.2, 0.25) is 0 Å². The first kappa shape index (κ1) is 10.1. The van der Waals surface area contributed by atoms with Gasteiger partial charge >= 0.3 is 0 Å². The van der Waals surface area contributed by atoms with Crippen LogP contribution in [-0.2, 0) is 6.54 Å². The summed E-state index contributed by atoms with van der Waals surface area (Å²) in [6, 6.07) is 6.89. The Balaban J connectivity index is 1.72. The second kappa shape index (κ2) is 4.39. The first-order valence-corrected chi connectivity index (χ1v) is 6.60. The van der Waals surface area contributed by atoms with Crippen LogP contribution in [0, 0.1) is 0 Å². The molecule has 2 aromatic heterocycles. The predicted octanol–water partition coefficient (Wildman–Crippen LogP) is 2.36. The van der Waals surface area contributed by atoms with E-state index in [4.69, 9.17) is 0 Å². The summed E-state index contributed by atoms with van der Waals surface area (Å²) in [5.41, 5.74) is 1.09. The molecule has 1 aliphatic rings. The fourth-order valence-corrected chi connectivity index (χ4v) is 2.85. The van der Waals surface area contributed by atoms with E-state index in [9.17, 15) is 0 Å². The van der Waals surface area contributed by atoms with Gasteiger partial charge < -0.3 is 5.32 Å². The Morgan fingerprint density at radius 2 is 2.50 bits per heavy atom. The molecule has 84 valence electrons. The van der Waals surface area contributed by atoms with Crippen LogP contribution < -0.4 is 5.32 Å². The van der Waals surface area contributed by atoms with E-state index in [1.807, 2.05) is 0 Å². The summed E-state index contributed by atoms with van der Waals surface area (Å²) in [7, 11) is 0. The molecule has 0 aliphatic carbocycles. The summed E-state index contributed by atoms with van der Waals surface area (Å²) >= 11 is 1.74. The maximum absolute atomic E-state index is 4.60. The Morgan fingerprint density at radius 3 is 3.25 bits per heavy atom. The largest absolute Gasteiger partial charge is 0.312 e. The van der Waals surface area contributed by atoms with Crippen molar-refractivity contribution >= 4 is 11.3 Å². The molecular weight excluding hydrogens is 218 g/mol. The Morgan fingerprint density at radius 1 is 1.50 bits per heavy atom. The lowest BCUT2D eigenvalue weighted by molar-refractivity contribution is 0.477. The average molecular weight is 233 g/mol. The number of hydrogen-bond donors (Lipinski definition) is 1. The summed E-state index contributed by atoms with van der Waals surface area (Å²) in [6.45, 7) is 2.15. The molecule has 1 unspecified atom stereocenters. The summed E-state index contributed by atoms with van der Waals surface area (Å²) in [6.07, 6.45) is 4.65. The van der Waals surface area contributed by atoms with Crippen molar-refractivity contribution in [1.29, 1.82) is 0 Å². The van der Waals surface area contributed by atoms with E-state index in [2.05, 4.69) is 44.9 Å². The normalized spacial score (nSPS) is 20.4. The van der Waals surface area contributed by atoms with Gasteiger partial charge in [0.25, 0.3) is 0 Å². The third-order valence-corrected chi connectivity index (χ3v) is 3.88. The Bertz CT molecular complexity index is 441. The number of hydrogen-bond acceptors (Lipinski definition) is 3. The fraction of sp³-hybridized carbons (Fsp3) is 0.417. The highest BCUT2D eigenvalue weighted by Gasteiger charge is 2.14. The van der Waals surface area contributed by atoms with Gasteiger partial charge in [0, 0.05) is 12.2 Å². The standard InChI is InChI=1S/C12H15N3S/c1-3-10(13-6-1)9-15-7-5-11(14-15)12-4-2-8-16-12/h2,4-5,7-8,10,13H,1,3,6,9H2. The van der Waals surface area contributed by atoms with Crippen molar-refractivity contribution in [3.63, 3.8) is 0 Å². The van der Waals surface area contributed by atoms with Gasteiger partial charge in [-0.1, -0.05) is 6.07 Å². The van der Waals surface area contributed by atoms with Crippen molar-refractivity contribution < 1.29 is 0 Å². The minimum absolute atomic E-state index is 0.607. The molecule has 0 aromatic carbocycles. The summed E-state index contributed by atoms with van der Waals surface area (Å²) in [4.78, 5) is 1.25. The highest BCUT2D eigenvalue weighted by Crippen LogP contribution is 2.22. The van der Waals surface area contributed by atoms with Gasteiger partial charge in [0.15, 0.2) is 0 Å². The number of nitrogens with one attached hydrogen (secondary N) is 1. The first-order valence-electron chi connectivity index (χ1n) is 5.72. The summed E-state index contributed by atoms with van der Waals surface area (Å²) in [5, 5.41) is 10.2. The van der Waals surface area contributed by atoms with Gasteiger partial charge in [0.1, 0.15) is 5.69 Å². The van der Waals surface area contributed by atoms with Gasteiger partial charge in [-0.05, 0) is 36.9 Å². The Labute approximate surface area is 99.1 Å². The van der Waals surface area contributed by atoms with Crippen LogP contribution in [0.2, 0.25) is 0 Å². The number of rotatable bonds is 3. The minimum atomic E-state index is 0.607. The molecule has 3 rings (SSSR count). The third-order valence-electron chi connectivity index (χ3n) is 2.98. The van der Waals surface area contributed by atoms with Crippen molar-refractivity contribution in [1.82, 2.24) is 15.1 Å². The van der Waals surface area contributed by atoms with E-state index in [1.165, 1.54) is 17.7 Å². The third kappa shape index (κ3) is 2.03. The Kier molecular flexibility index (Phi) is 2.76. The zero-order chi connectivity index (χ0) is 10.8. The molecule has 1 N–H and O–H groups in total. The molecule has 4 heteroatoms. The SMILES string of the molecule is c1csc(-c2ccn(CC3CCCN3)n2)c1. The molecule has 2 aromatic rings. The molecule has 16 heavy (non-hydrogen) atoms. The van der Waals surface area contributed by atoms with Crippen molar-refractivity contribution in [2.75, 3.05) is 6.54 Å². The molecular formula is C12H15N3S. The molecule has 0 saturated carbocycles. The van der Waals surface area contributed by atoms with Gasteiger partial charge in [-0.15, -0.1) is 11.3 Å². The van der Waals surface area contributed by atoms with Crippen LogP contribution in [0.4, 0.5) is 0 Å². The lowest BCUT2D eigenvalue weighted by Gasteiger charge is -2.09. The molecule has 0 spiro atoms. The second-order valence-electron chi connectivity index (χ2n) is 4.19. The summed E-state index contributed by atoms with van der Waals surface area (Å²) < 4.78 is 2.05. The summed E-state index contributed by atoms with van der Waals surface area (Å²) in [5.74, 6) is 0. The van der Waals surface area contributed by atoms with Crippen LogP contribution >= 0.6 is 11.3 Å². The molecule has 1 aliphatic heterocycles. The smallest absolute Gasteiger partial charge is 0.102 e. The zero-order valence-corrected chi connectivity index (χ0v) is 9.91. The second-order valence-corrected chi connectivity index (χ2v) is 5.14. The molecule has 0 amide bonds. The molecule has 1 fully saturated rings. The van der Waals surface area contributed by atoms with Crippen LogP contribution in [0.1, 0.15) is 12.8 Å². The molecule has 1 saturated heterocycles. The lowest BCUT2D eigenvalue weighted by Crippen LogP contribution is -2.26. The minimum Gasteiger partial charge on any atom is -0.312 e.